The van der Waals surface area contributed by atoms with E-state index in [1.807, 2.05) is 0 Å². The Balaban J connectivity index is 0. The molecule has 0 heterocycles. The average molecular weight is 496 g/mol. The smallest absolute Gasteiger partial charge is 0.333 e. The van der Waals surface area contributed by atoms with E-state index in [0.717, 1.165) is 24.0 Å². The molecule has 0 aromatic heterocycles. The second-order valence-electron chi connectivity index (χ2n) is 9.04. The van der Waals surface area contributed by atoms with E-state index in [9.17, 15) is 14.8 Å². The Morgan fingerprint density at radius 2 is 1.20 bits per heavy atom. The first-order chi connectivity index (χ1) is 16.9. The van der Waals surface area contributed by atoms with Crippen molar-refractivity contribution in [3.05, 3.63) is 37.5 Å². The first kappa shape index (κ1) is 35.2. The lowest BCUT2D eigenvalue weighted by atomic mass is 10.0. The van der Waals surface area contributed by atoms with E-state index < -0.39 is 5.97 Å². The summed E-state index contributed by atoms with van der Waals surface area (Å²) in [7, 11) is 0. The number of nitrogens with zero attached hydrogens (tertiary/aromatic N) is 1. The molecule has 6 heteroatoms. The molecule has 0 aliphatic rings. The third kappa shape index (κ3) is 30.0. The summed E-state index contributed by atoms with van der Waals surface area (Å²) in [6, 6.07) is 0. The van der Waals surface area contributed by atoms with Gasteiger partial charge in [0.25, 0.3) is 0 Å². The molecule has 0 aromatic rings. The van der Waals surface area contributed by atoms with Crippen molar-refractivity contribution in [2.75, 3.05) is 19.7 Å². The Morgan fingerprint density at radius 1 is 0.800 bits per heavy atom. The van der Waals surface area contributed by atoms with Crippen LogP contribution in [0.4, 0.5) is 0 Å². The number of ether oxygens (including phenoxy) is 1. The van der Waals surface area contributed by atoms with Crippen molar-refractivity contribution in [1.82, 2.24) is 5.06 Å². The van der Waals surface area contributed by atoms with Crippen LogP contribution in [-0.4, -0.2) is 47.0 Å². The van der Waals surface area contributed by atoms with Crippen molar-refractivity contribution < 1.29 is 24.6 Å². The third-order valence-corrected chi connectivity index (χ3v) is 5.71. The standard InChI is InChI=1S/C26H49NO3.C3H4O2/c1-4-6-7-8-9-10-11-12-13-14-15-16-17-18-19-20-24-30-26(28)25(3)21-23-27(29)22-5-2;1-2-3(4)5/h5,29H,2-4,6-24H2,1H3;2H,1H2,(H,4,5). The van der Waals surface area contributed by atoms with Gasteiger partial charge in [-0.1, -0.05) is 122 Å². The molecule has 0 rings (SSSR count). The van der Waals surface area contributed by atoms with E-state index >= 15 is 0 Å². The normalized spacial score (nSPS) is 10.4. The van der Waals surface area contributed by atoms with Gasteiger partial charge in [-0.25, -0.2) is 9.59 Å². The van der Waals surface area contributed by atoms with Crippen molar-refractivity contribution >= 4 is 11.9 Å². The maximum atomic E-state index is 11.8. The van der Waals surface area contributed by atoms with Gasteiger partial charge in [-0.15, -0.1) is 6.58 Å². The lowest BCUT2D eigenvalue weighted by Gasteiger charge is -2.12. The Labute approximate surface area is 215 Å². The minimum absolute atomic E-state index is 0.344. The lowest BCUT2D eigenvalue weighted by Crippen LogP contribution is -2.22. The molecule has 0 aliphatic carbocycles. The van der Waals surface area contributed by atoms with Gasteiger partial charge in [-0.3, -0.25) is 0 Å². The molecule has 0 amide bonds. The van der Waals surface area contributed by atoms with Crippen LogP contribution in [0.1, 0.15) is 116 Å². The van der Waals surface area contributed by atoms with Gasteiger partial charge in [0, 0.05) is 24.7 Å². The van der Waals surface area contributed by atoms with Gasteiger partial charge in [-0.2, -0.15) is 5.06 Å². The zero-order valence-corrected chi connectivity index (χ0v) is 22.5. The molecule has 0 bridgehead atoms. The number of carboxylic acid groups (broad SMARTS) is 1. The quantitative estimate of drug-likeness (QED) is 0.0466. The van der Waals surface area contributed by atoms with Crippen LogP contribution in [0.3, 0.4) is 0 Å². The lowest BCUT2D eigenvalue weighted by molar-refractivity contribution is -0.139. The van der Waals surface area contributed by atoms with Gasteiger partial charge in [0.15, 0.2) is 0 Å². The molecule has 0 spiro atoms. The first-order valence-corrected chi connectivity index (χ1v) is 13.6. The van der Waals surface area contributed by atoms with E-state index in [0.29, 0.717) is 31.7 Å². The summed E-state index contributed by atoms with van der Waals surface area (Å²) < 4.78 is 5.26. The van der Waals surface area contributed by atoms with Crippen LogP contribution < -0.4 is 0 Å². The van der Waals surface area contributed by atoms with Crippen LogP contribution in [0.15, 0.2) is 37.5 Å². The highest BCUT2D eigenvalue weighted by molar-refractivity contribution is 5.87. The molecule has 0 aliphatic heterocycles. The minimum Gasteiger partial charge on any atom is -0.478 e. The molecular weight excluding hydrogens is 442 g/mol. The molecule has 0 saturated heterocycles. The van der Waals surface area contributed by atoms with Gasteiger partial charge < -0.3 is 15.1 Å². The number of hydrogen-bond donors (Lipinski definition) is 2. The number of aliphatic carboxylic acids is 1. The number of esters is 1. The predicted molar refractivity (Wildman–Crippen MR) is 146 cm³/mol. The molecule has 204 valence electrons. The second kappa shape index (κ2) is 28.3. The Bertz CT molecular complexity index is 547. The van der Waals surface area contributed by atoms with E-state index in [4.69, 9.17) is 9.84 Å². The molecule has 2 N–H and O–H groups in total. The number of carbonyl (C=O) groups excluding carboxylic acids is 1. The van der Waals surface area contributed by atoms with Crippen LogP contribution in [0.25, 0.3) is 0 Å². The second-order valence-corrected chi connectivity index (χ2v) is 9.04. The highest BCUT2D eigenvalue weighted by atomic mass is 16.5. The molecule has 6 nitrogen and oxygen atoms in total. The third-order valence-electron chi connectivity index (χ3n) is 5.71. The molecule has 0 aromatic carbocycles. The van der Waals surface area contributed by atoms with Crippen LogP contribution in [0.5, 0.6) is 0 Å². The largest absolute Gasteiger partial charge is 0.478 e. The van der Waals surface area contributed by atoms with Crippen molar-refractivity contribution in [1.29, 1.82) is 0 Å². The predicted octanol–water partition coefficient (Wildman–Crippen LogP) is 7.87. The monoisotopic (exact) mass is 495 g/mol. The Kier molecular flexibility index (Phi) is 28.5. The zero-order chi connectivity index (χ0) is 26.6. The van der Waals surface area contributed by atoms with E-state index in [-0.39, 0.29) is 5.97 Å². The fourth-order valence-corrected chi connectivity index (χ4v) is 3.52. The molecule has 0 fully saturated rings. The van der Waals surface area contributed by atoms with Gasteiger partial charge in [-0.05, 0) is 12.8 Å². The fourth-order valence-electron chi connectivity index (χ4n) is 3.52. The van der Waals surface area contributed by atoms with E-state index in [1.54, 1.807) is 6.08 Å². The topological polar surface area (TPSA) is 87.1 Å². The van der Waals surface area contributed by atoms with Gasteiger partial charge >= 0.3 is 11.9 Å². The molecule has 0 unspecified atom stereocenters. The van der Waals surface area contributed by atoms with Crippen LogP contribution in [-0.2, 0) is 14.3 Å². The number of rotatable bonds is 24. The van der Waals surface area contributed by atoms with Crippen molar-refractivity contribution in [2.24, 2.45) is 0 Å². The molecule has 0 atom stereocenters. The minimum atomic E-state index is -0.981. The van der Waals surface area contributed by atoms with Crippen molar-refractivity contribution in [3.8, 4) is 0 Å². The number of carboxylic acids is 1. The summed E-state index contributed by atoms with van der Waals surface area (Å²) in [6.07, 6.45) is 24.1. The highest BCUT2D eigenvalue weighted by Gasteiger charge is 2.09. The van der Waals surface area contributed by atoms with Gasteiger partial charge in [0.2, 0.25) is 0 Å². The summed E-state index contributed by atoms with van der Waals surface area (Å²) >= 11 is 0. The summed E-state index contributed by atoms with van der Waals surface area (Å²) in [5.41, 5.74) is 0.412. The van der Waals surface area contributed by atoms with Crippen molar-refractivity contribution in [3.63, 3.8) is 0 Å². The molecule has 0 radical (unpaired) electrons. The summed E-state index contributed by atoms with van der Waals surface area (Å²) in [4.78, 5) is 21.1. The number of carbonyl (C=O) groups is 2. The number of hydroxylamine groups is 2. The maximum absolute atomic E-state index is 11.8. The fraction of sp³-hybridized carbons (Fsp3) is 0.724. The molecular formula is C29H53NO5. The first-order valence-electron chi connectivity index (χ1n) is 13.6. The van der Waals surface area contributed by atoms with E-state index in [1.165, 1.54) is 89.9 Å². The van der Waals surface area contributed by atoms with Crippen LogP contribution in [0, 0.1) is 0 Å². The van der Waals surface area contributed by atoms with Crippen LogP contribution >= 0.6 is 0 Å². The summed E-state index contributed by atoms with van der Waals surface area (Å²) in [6.45, 7) is 13.7. The SMILES string of the molecule is C=CC(=O)O.C=CCN(O)CCC(=C)C(=O)OCCCCCCCCCCCCCCCCCC. The Hall–Kier alpha value is -1.92. The maximum Gasteiger partial charge on any atom is 0.333 e. The zero-order valence-electron chi connectivity index (χ0n) is 22.5. The molecule has 35 heavy (non-hydrogen) atoms. The average Bonchev–Trinajstić information content (AvgIpc) is 2.84. The number of hydrogen-bond acceptors (Lipinski definition) is 5. The van der Waals surface area contributed by atoms with Crippen LogP contribution in [0.2, 0.25) is 0 Å². The number of unbranched alkanes of at least 4 members (excludes halogenated alkanes) is 15. The highest BCUT2D eigenvalue weighted by Crippen LogP contribution is 2.14. The summed E-state index contributed by atoms with van der Waals surface area (Å²) in [5, 5.41) is 18.2. The Morgan fingerprint density at radius 3 is 1.57 bits per heavy atom. The van der Waals surface area contributed by atoms with E-state index in [2.05, 4.69) is 26.7 Å². The van der Waals surface area contributed by atoms with Gasteiger partial charge in [0.1, 0.15) is 0 Å². The molecule has 0 saturated carbocycles. The van der Waals surface area contributed by atoms with Crippen molar-refractivity contribution in [2.45, 2.75) is 116 Å². The van der Waals surface area contributed by atoms with Gasteiger partial charge in [0.05, 0.1) is 6.61 Å². The summed E-state index contributed by atoms with van der Waals surface area (Å²) in [5.74, 6) is -1.33.